The number of hydrogen-bond acceptors (Lipinski definition) is 6. The second kappa shape index (κ2) is 10.3. The maximum atomic E-state index is 12.7. The standard InChI is InChI=1S/C26H25N5O3S/c27-24-21(15-18-9-11-20(12-10-18)34-17-19-7-3-1-4-8-19)25(33)28-26-31(24)29-22(35-26)16-23(32)30-13-5-2-6-14-30/h1,3-4,7-12,15,27H,2,5-6,13-14,16-17H2. The molecule has 8 nitrogen and oxygen atoms in total. The van der Waals surface area contributed by atoms with Crippen LogP contribution in [0.25, 0.3) is 6.08 Å². The van der Waals surface area contributed by atoms with Crippen molar-refractivity contribution in [2.75, 3.05) is 13.1 Å². The fraction of sp³-hybridized carbons (Fsp3) is 0.269. The quantitative estimate of drug-likeness (QED) is 0.613. The normalized spacial score (nSPS) is 18.9. The molecular formula is C26H25N5O3S. The van der Waals surface area contributed by atoms with Crippen LogP contribution in [0.4, 0.5) is 0 Å². The van der Waals surface area contributed by atoms with Crippen LogP contribution in [0.5, 0.6) is 5.75 Å². The van der Waals surface area contributed by atoms with Crippen molar-refractivity contribution in [3.8, 4) is 5.75 Å². The summed E-state index contributed by atoms with van der Waals surface area (Å²) in [6.45, 7) is 2.02. The van der Waals surface area contributed by atoms with Crippen LogP contribution in [-0.4, -0.2) is 50.9 Å². The Morgan fingerprint density at radius 2 is 1.80 bits per heavy atom. The zero-order valence-corrected chi connectivity index (χ0v) is 20.0. The number of hydrogen-bond donors (Lipinski definition) is 1. The van der Waals surface area contributed by atoms with Crippen LogP contribution in [0, 0.1) is 5.41 Å². The van der Waals surface area contributed by atoms with E-state index in [0.717, 1.165) is 43.5 Å². The van der Waals surface area contributed by atoms with Gasteiger partial charge in [0.25, 0.3) is 5.91 Å². The zero-order chi connectivity index (χ0) is 24.2. The fourth-order valence-electron chi connectivity index (χ4n) is 4.06. The third kappa shape index (κ3) is 5.35. The van der Waals surface area contributed by atoms with Gasteiger partial charge in [0.2, 0.25) is 11.1 Å². The Hall–Kier alpha value is -3.72. The number of benzene rings is 2. The molecule has 2 aromatic carbocycles. The van der Waals surface area contributed by atoms with E-state index in [2.05, 4.69) is 10.1 Å². The van der Waals surface area contributed by atoms with Gasteiger partial charge in [-0.25, -0.2) is 0 Å². The van der Waals surface area contributed by atoms with Gasteiger partial charge in [0.05, 0.1) is 12.0 Å². The number of hydrazone groups is 1. The Balaban J connectivity index is 1.25. The molecule has 2 amide bonds. The van der Waals surface area contributed by atoms with Gasteiger partial charge < -0.3 is 9.64 Å². The first-order valence-corrected chi connectivity index (χ1v) is 12.4. The van der Waals surface area contributed by atoms with Crippen LogP contribution in [0.15, 0.2) is 70.3 Å². The minimum atomic E-state index is -0.489. The molecule has 0 spiro atoms. The maximum absolute atomic E-state index is 12.7. The lowest BCUT2D eigenvalue weighted by molar-refractivity contribution is -0.130. The minimum Gasteiger partial charge on any atom is -0.489 e. The number of nitrogens with one attached hydrogen (secondary N) is 1. The zero-order valence-electron chi connectivity index (χ0n) is 19.1. The summed E-state index contributed by atoms with van der Waals surface area (Å²) in [5.74, 6) is 0.207. The lowest BCUT2D eigenvalue weighted by Crippen LogP contribution is -2.36. The summed E-state index contributed by atoms with van der Waals surface area (Å²) >= 11 is 1.18. The molecule has 35 heavy (non-hydrogen) atoms. The summed E-state index contributed by atoms with van der Waals surface area (Å²) in [6.07, 6.45) is 4.99. The number of carbonyl (C=O) groups is 2. The highest BCUT2D eigenvalue weighted by molar-refractivity contribution is 8.27. The number of aliphatic imine (C=N–C) groups is 1. The van der Waals surface area contributed by atoms with Crippen LogP contribution in [0.2, 0.25) is 0 Å². The predicted octanol–water partition coefficient (Wildman–Crippen LogP) is 4.29. The van der Waals surface area contributed by atoms with Crippen molar-refractivity contribution in [2.45, 2.75) is 32.3 Å². The number of rotatable bonds is 6. The Morgan fingerprint density at radius 1 is 1.06 bits per heavy atom. The Labute approximate surface area is 207 Å². The van der Waals surface area contributed by atoms with Crippen LogP contribution < -0.4 is 4.74 Å². The first-order valence-electron chi connectivity index (χ1n) is 11.6. The molecule has 0 aromatic heterocycles. The van der Waals surface area contributed by atoms with E-state index in [-0.39, 0.29) is 23.7 Å². The average molecular weight is 488 g/mol. The molecule has 5 rings (SSSR count). The highest BCUT2D eigenvalue weighted by Crippen LogP contribution is 2.30. The van der Waals surface area contributed by atoms with E-state index in [4.69, 9.17) is 10.1 Å². The number of carbonyl (C=O) groups excluding carboxylic acids is 2. The lowest BCUT2D eigenvalue weighted by Gasteiger charge is -2.26. The smallest absolute Gasteiger partial charge is 0.283 e. The van der Waals surface area contributed by atoms with Crippen molar-refractivity contribution in [1.82, 2.24) is 9.91 Å². The molecule has 0 saturated carbocycles. The van der Waals surface area contributed by atoms with E-state index < -0.39 is 5.91 Å². The molecule has 1 N–H and O–H groups in total. The number of nitrogens with zero attached hydrogens (tertiary/aromatic N) is 4. The van der Waals surface area contributed by atoms with E-state index in [1.165, 1.54) is 16.8 Å². The maximum Gasteiger partial charge on any atom is 0.283 e. The highest BCUT2D eigenvalue weighted by atomic mass is 32.2. The van der Waals surface area contributed by atoms with Crippen molar-refractivity contribution in [3.05, 3.63) is 71.3 Å². The van der Waals surface area contributed by atoms with Gasteiger partial charge in [-0.15, -0.1) is 0 Å². The van der Waals surface area contributed by atoms with E-state index in [0.29, 0.717) is 22.6 Å². The van der Waals surface area contributed by atoms with E-state index in [1.807, 2.05) is 59.5 Å². The number of amidine groups is 2. The number of ether oxygens (including phenoxy) is 1. The minimum absolute atomic E-state index is 0.0274. The molecule has 1 saturated heterocycles. The molecular weight excluding hydrogens is 462 g/mol. The van der Waals surface area contributed by atoms with Crippen LogP contribution in [0.3, 0.4) is 0 Å². The summed E-state index contributed by atoms with van der Waals surface area (Å²) < 4.78 is 5.81. The number of fused-ring (bicyclic) bond motifs is 1. The third-order valence-electron chi connectivity index (χ3n) is 5.95. The summed E-state index contributed by atoms with van der Waals surface area (Å²) in [7, 11) is 0. The second-order valence-electron chi connectivity index (χ2n) is 8.48. The number of likely N-dealkylation sites (tertiary alicyclic amines) is 1. The molecule has 1 fully saturated rings. The molecule has 0 aliphatic carbocycles. The summed E-state index contributed by atoms with van der Waals surface area (Å²) in [6, 6.07) is 17.2. The molecule has 0 radical (unpaired) electrons. The second-order valence-corrected chi connectivity index (χ2v) is 9.52. The summed E-state index contributed by atoms with van der Waals surface area (Å²) in [4.78, 5) is 31.2. The van der Waals surface area contributed by atoms with Gasteiger partial charge in [-0.3, -0.25) is 15.0 Å². The first-order chi connectivity index (χ1) is 17.1. The number of thioether (sulfide) groups is 1. The number of amides is 2. The molecule has 3 aliphatic heterocycles. The molecule has 3 heterocycles. The fourth-order valence-corrected chi connectivity index (χ4v) is 4.93. The average Bonchev–Trinajstić information content (AvgIpc) is 3.29. The number of piperidine rings is 1. The lowest BCUT2D eigenvalue weighted by atomic mass is 10.1. The van der Waals surface area contributed by atoms with Gasteiger partial charge in [-0.05, 0) is 60.4 Å². The SMILES string of the molecule is N=C1C(=Cc2ccc(OCc3ccccc3)cc2)C(=O)N=C2SC(CC(=O)N3CCCCC3)=NN12. The van der Waals surface area contributed by atoms with Crippen LogP contribution in [0.1, 0.15) is 36.8 Å². The van der Waals surface area contributed by atoms with Crippen LogP contribution in [-0.2, 0) is 16.2 Å². The Bertz CT molecular complexity index is 1230. The third-order valence-corrected chi connectivity index (χ3v) is 6.86. The largest absolute Gasteiger partial charge is 0.489 e. The molecule has 3 aliphatic rings. The molecule has 0 unspecified atom stereocenters. The highest BCUT2D eigenvalue weighted by Gasteiger charge is 2.36. The van der Waals surface area contributed by atoms with Crippen LogP contribution >= 0.6 is 11.8 Å². The Kier molecular flexibility index (Phi) is 6.76. The van der Waals surface area contributed by atoms with E-state index in [9.17, 15) is 9.59 Å². The van der Waals surface area contributed by atoms with Gasteiger partial charge in [0, 0.05) is 13.1 Å². The van der Waals surface area contributed by atoms with Crippen molar-refractivity contribution >= 4 is 45.7 Å². The predicted molar refractivity (Wildman–Crippen MR) is 137 cm³/mol. The van der Waals surface area contributed by atoms with Crippen molar-refractivity contribution in [3.63, 3.8) is 0 Å². The molecule has 0 atom stereocenters. The van der Waals surface area contributed by atoms with Gasteiger partial charge in [0.15, 0.2) is 5.84 Å². The molecule has 0 bridgehead atoms. The molecule has 178 valence electrons. The summed E-state index contributed by atoms with van der Waals surface area (Å²) in [5, 5.41) is 15.2. The topological polar surface area (TPSA) is 98.4 Å². The van der Waals surface area contributed by atoms with Gasteiger partial charge in [0.1, 0.15) is 17.4 Å². The Morgan fingerprint density at radius 3 is 2.54 bits per heavy atom. The van der Waals surface area contributed by atoms with Crippen molar-refractivity contribution in [2.24, 2.45) is 10.1 Å². The van der Waals surface area contributed by atoms with Crippen molar-refractivity contribution < 1.29 is 14.3 Å². The molecule has 2 aromatic rings. The summed E-state index contributed by atoms with van der Waals surface area (Å²) in [5.41, 5.74) is 1.98. The van der Waals surface area contributed by atoms with Gasteiger partial charge >= 0.3 is 0 Å². The van der Waals surface area contributed by atoms with Gasteiger partial charge in [-0.2, -0.15) is 15.1 Å². The molecule has 9 heteroatoms. The van der Waals surface area contributed by atoms with E-state index >= 15 is 0 Å². The first kappa shape index (κ1) is 23.0. The monoisotopic (exact) mass is 487 g/mol. The van der Waals surface area contributed by atoms with Crippen molar-refractivity contribution in [1.29, 1.82) is 5.41 Å². The van der Waals surface area contributed by atoms with Gasteiger partial charge in [-0.1, -0.05) is 42.5 Å². The van der Waals surface area contributed by atoms with E-state index in [1.54, 1.807) is 6.08 Å².